The molecule has 90 valence electrons. The zero-order chi connectivity index (χ0) is 12.0. The second-order valence-electron chi connectivity index (χ2n) is 3.50. The van der Waals surface area contributed by atoms with Crippen LogP contribution in [0.25, 0.3) is 0 Å². The van der Waals surface area contributed by atoms with Gasteiger partial charge in [0.2, 0.25) is 0 Å². The number of amides is 1. The predicted molar refractivity (Wildman–Crippen MR) is 60.0 cm³/mol. The molecule has 1 atom stereocenters. The summed E-state index contributed by atoms with van der Waals surface area (Å²) in [6.45, 7) is 5.21. The van der Waals surface area contributed by atoms with Crippen LogP contribution in [0.2, 0.25) is 0 Å². The quantitative estimate of drug-likeness (QED) is 0.755. The molecule has 1 aromatic heterocycles. The Morgan fingerprint density at radius 1 is 1.62 bits per heavy atom. The van der Waals surface area contributed by atoms with Crippen LogP contribution in [-0.4, -0.2) is 25.2 Å². The Morgan fingerprint density at radius 3 is 2.94 bits per heavy atom. The van der Waals surface area contributed by atoms with E-state index in [4.69, 9.17) is 14.9 Å². The number of furan rings is 1. The molecule has 0 spiro atoms. The lowest BCUT2D eigenvalue weighted by molar-refractivity contribution is 0.0845. The Kier molecular flexibility index (Phi) is 5.01. The van der Waals surface area contributed by atoms with Crippen LogP contribution in [0.1, 0.15) is 30.2 Å². The molecule has 1 unspecified atom stereocenters. The predicted octanol–water partition coefficient (Wildman–Crippen LogP) is 0.893. The first-order valence-corrected chi connectivity index (χ1v) is 5.34. The van der Waals surface area contributed by atoms with E-state index < -0.39 is 0 Å². The minimum absolute atomic E-state index is 0.0427. The first kappa shape index (κ1) is 12.7. The van der Waals surface area contributed by atoms with Gasteiger partial charge in [0.1, 0.15) is 5.76 Å². The molecule has 1 aromatic rings. The number of carbonyl (C=O) groups is 1. The topological polar surface area (TPSA) is 77.5 Å². The van der Waals surface area contributed by atoms with E-state index in [9.17, 15) is 4.79 Å². The van der Waals surface area contributed by atoms with Crippen LogP contribution in [0.4, 0.5) is 0 Å². The van der Waals surface area contributed by atoms with Crippen molar-refractivity contribution in [3.63, 3.8) is 0 Å². The van der Waals surface area contributed by atoms with Gasteiger partial charge in [-0.25, -0.2) is 0 Å². The molecule has 0 aliphatic carbocycles. The lowest BCUT2D eigenvalue weighted by atomic mass is 10.3. The largest absolute Gasteiger partial charge is 0.455 e. The molecule has 5 nitrogen and oxygen atoms in total. The van der Waals surface area contributed by atoms with Crippen LogP contribution in [0, 0.1) is 0 Å². The molecule has 5 heteroatoms. The molecule has 0 aliphatic heterocycles. The van der Waals surface area contributed by atoms with Crippen LogP contribution in [0.5, 0.6) is 0 Å². The zero-order valence-corrected chi connectivity index (χ0v) is 9.66. The Bertz CT molecular complexity index is 336. The van der Waals surface area contributed by atoms with E-state index in [-0.39, 0.29) is 17.7 Å². The molecule has 1 rings (SSSR count). The van der Waals surface area contributed by atoms with E-state index in [0.717, 1.165) is 0 Å². The van der Waals surface area contributed by atoms with Crippen molar-refractivity contribution in [2.45, 2.75) is 26.4 Å². The molecule has 1 amide bonds. The minimum Gasteiger partial charge on any atom is -0.455 e. The Morgan fingerprint density at radius 2 is 2.38 bits per heavy atom. The molecule has 0 aromatic carbocycles. The highest BCUT2D eigenvalue weighted by atomic mass is 16.5. The van der Waals surface area contributed by atoms with Crippen molar-refractivity contribution < 1.29 is 13.9 Å². The van der Waals surface area contributed by atoms with Crippen LogP contribution in [-0.2, 0) is 11.3 Å². The van der Waals surface area contributed by atoms with E-state index in [0.29, 0.717) is 25.5 Å². The zero-order valence-electron chi connectivity index (χ0n) is 9.66. The summed E-state index contributed by atoms with van der Waals surface area (Å²) < 4.78 is 10.4. The van der Waals surface area contributed by atoms with Crippen molar-refractivity contribution >= 4 is 5.91 Å². The fraction of sp³-hybridized carbons (Fsp3) is 0.545. The maximum Gasteiger partial charge on any atom is 0.287 e. The van der Waals surface area contributed by atoms with Gasteiger partial charge in [0.05, 0.1) is 13.2 Å². The Labute approximate surface area is 94.9 Å². The van der Waals surface area contributed by atoms with E-state index in [1.807, 2.05) is 13.8 Å². The molecular weight excluding hydrogens is 208 g/mol. The fourth-order valence-electron chi connectivity index (χ4n) is 1.24. The van der Waals surface area contributed by atoms with Gasteiger partial charge >= 0.3 is 0 Å². The molecule has 0 aliphatic rings. The lowest BCUT2D eigenvalue weighted by Gasteiger charge is -2.12. The highest BCUT2D eigenvalue weighted by Crippen LogP contribution is 2.07. The van der Waals surface area contributed by atoms with Crippen LogP contribution >= 0.6 is 0 Å². The Balaban J connectivity index is 2.45. The van der Waals surface area contributed by atoms with Crippen LogP contribution < -0.4 is 11.1 Å². The number of nitrogens with one attached hydrogen (secondary N) is 1. The van der Waals surface area contributed by atoms with Crippen molar-refractivity contribution in [2.24, 2.45) is 5.73 Å². The van der Waals surface area contributed by atoms with E-state index in [1.54, 1.807) is 12.1 Å². The lowest BCUT2D eigenvalue weighted by Crippen LogP contribution is -2.35. The van der Waals surface area contributed by atoms with Gasteiger partial charge in [-0.1, -0.05) is 0 Å². The summed E-state index contributed by atoms with van der Waals surface area (Å²) in [6, 6.07) is 3.27. The van der Waals surface area contributed by atoms with Crippen LogP contribution in [0.15, 0.2) is 16.5 Å². The number of ether oxygens (including phenoxy) is 1. The highest BCUT2D eigenvalue weighted by molar-refractivity contribution is 5.91. The van der Waals surface area contributed by atoms with Gasteiger partial charge in [-0.05, 0) is 26.0 Å². The van der Waals surface area contributed by atoms with Crippen molar-refractivity contribution in [2.75, 3.05) is 13.2 Å². The maximum atomic E-state index is 11.6. The number of hydrogen-bond acceptors (Lipinski definition) is 4. The SMILES string of the molecule is CCOCC(C)NC(=O)c1ccc(CN)o1. The normalized spacial score (nSPS) is 12.4. The van der Waals surface area contributed by atoms with Crippen molar-refractivity contribution in [3.8, 4) is 0 Å². The third kappa shape index (κ3) is 3.67. The standard InChI is InChI=1S/C11H18N2O3/c1-3-15-7-8(2)13-11(14)10-5-4-9(6-12)16-10/h4-5,8H,3,6-7,12H2,1-2H3,(H,13,14). The van der Waals surface area contributed by atoms with E-state index in [2.05, 4.69) is 5.32 Å². The van der Waals surface area contributed by atoms with E-state index >= 15 is 0 Å². The number of rotatable bonds is 6. The first-order valence-electron chi connectivity index (χ1n) is 5.34. The fourth-order valence-corrected chi connectivity index (χ4v) is 1.24. The molecule has 3 N–H and O–H groups in total. The summed E-state index contributed by atoms with van der Waals surface area (Å²) in [5, 5.41) is 2.77. The molecule has 0 fully saturated rings. The van der Waals surface area contributed by atoms with E-state index in [1.165, 1.54) is 0 Å². The molecule has 0 radical (unpaired) electrons. The Hall–Kier alpha value is -1.33. The summed E-state index contributed by atoms with van der Waals surface area (Å²) >= 11 is 0. The van der Waals surface area contributed by atoms with Crippen molar-refractivity contribution in [3.05, 3.63) is 23.7 Å². The van der Waals surface area contributed by atoms with Gasteiger partial charge in [0.25, 0.3) is 5.91 Å². The maximum absolute atomic E-state index is 11.6. The summed E-state index contributed by atoms with van der Waals surface area (Å²) in [6.07, 6.45) is 0. The summed E-state index contributed by atoms with van der Waals surface area (Å²) in [5.41, 5.74) is 5.38. The van der Waals surface area contributed by atoms with Gasteiger partial charge in [-0.15, -0.1) is 0 Å². The monoisotopic (exact) mass is 226 g/mol. The summed E-state index contributed by atoms with van der Waals surface area (Å²) in [5.74, 6) is 0.637. The average molecular weight is 226 g/mol. The second kappa shape index (κ2) is 6.30. The first-order chi connectivity index (χ1) is 7.67. The van der Waals surface area contributed by atoms with Gasteiger partial charge < -0.3 is 20.2 Å². The van der Waals surface area contributed by atoms with Gasteiger partial charge in [0, 0.05) is 12.6 Å². The van der Waals surface area contributed by atoms with Crippen molar-refractivity contribution in [1.29, 1.82) is 0 Å². The number of nitrogens with two attached hydrogens (primary N) is 1. The molecule has 0 saturated carbocycles. The smallest absolute Gasteiger partial charge is 0.287 e. The summed E-state index contributed by atoms with van der Waals surface area (Å²) in [4.78, 5) is 11.6. The average Bonchev–Trinajstić information content (AvgIpc) is 2.74. The highest BCUT2D eigenvalue weighted by Gasteiger charge is 2.13. The van der Waals surface area contributed by atoms with Crippen LogP contribution in [0.3, 0.4) is 0 Å². The molecule has 1 heterocycles. The van der Waals surface area contributed by atoms with Gasteiger partial charge in [-0.3, -0.25) is 4.79 Å². The molecular formula is C11H18N2O3. The van der Waals surface area contributed by atoms with Gasteiger partial charge in [0.15, 0.2) is 5.76 Å². The summed E-state index contributed by atoms with van der Waals surface area (Å²) in [7, 11) is 0. The molecule has 0 saturated heterocycles. The third-order valence-corrected chi connectivity index (χ3v) is 2.04. The molecule has 0 bridgehead atoms. The van der Waals surface area contributed by atoms with Gasteiger partial charge in [-0.2, -0.15) is 0 Å². The minimum atomic E-state index is -0.244. The number of carbonyl (C=O) groups excluding carboxylic acids is 1. The number of hydrogen-bond donors (Lipinski definition) is 2. The van der Waals surface area contributed by atoms with Crippen molar-refractivity contribution in [1.82, 2.24) is 5.32 Å². The second-order valence-corrected chi connectivity index (χ2v) is 3.50. The third-order valence-electron chi connectivity index (χ3n) is 2.04. The molecule has 16 heavy (non-hydrogen) atoms.